The van der Waals surface area contributed by atoms with E-state index in [1.165, 1.54) is 89.9 Å². The molecule has 2 aliphatic heterocycles. The number of ether oxygens (including phenoxy) is 4. The molecule has 376 valence electrons. The SMILES string of the molecule is CC/C=C\C/C=C\C/C=C\C/C=C\CCC(=O)NC(COC1OC(CO)C(OC2OC(CO)C(O)C(O)C2O)C(O)C1O)C(O)/C=C/CCCCCCCCCCCCCCCCCC. The van der Waals surface area contributed by atoms with Crippen molar-refractivity contribution >= 4 is 5.91 Å². The van der Waals surface area contributed by atoms with Crippen LogP contribution in [0.5, 0.6) is 0 Å². The van der Waals surface area contributed by atoms with E-state index >= 15 is 0 Å². The summed E-state index contributed by atoms with van der Waals surface area (Å²) in [5.74, 6) is -0.322. The summed E-state index contributed by atoms with van der Waals surface area (Å²) in [4.78, 5) is 13.1. The molecule has 14 heteroatoms. The van der Waals surface area contributed by atoms with Crippen LogP contribution in [0.15, 0.2) is 60.8 Å². The van der Waals surface area contributed by atoms with Gasteiger partial charge in [-0.05, 0) is 44.9 Å². The molecule has 12 unspecified atom stereocenters. The molecule has 0 aliphatic carbocycles. The van der Waals surface area contributed by atoms with E-state index in [1.807, 2.05) is 18.2 Å². The maximum absolute atomic E-state index is 13.1. The van der Waals surface area contributed by atoms with Gasteiger partial charge in [-0.2, -0.15) is 0 Å². The zero-order chi connectivity index (χ0) is 47.5. The number of amides is 1. The fraction of sp³-hybridized carbons (Fsp3) is 0.784. The van der Waals surface area contributed by atoms with E-state index in [2.05, 4.69) is 55.6 Å². The third-order valence-electron chi connectivity index (χ3n) is 12.0. The first-order valence-corrected chi connectivity index (χ1v) is 25.0. The van der Waals surface area contributed by atoms with Crippen LogP contribution in [-0.4, -0.2) is 140 Å². The molecule has 14 nitrogen and oxygen atoms in total. The first kappa shape index (κ1) is 58.8. The maximum atomic E-state index is 13.1. The lowest BCUT2D eigenvalue weighted by atomic mass is 9.97. The Balaban J connectivity index is 1.88. The number of rotatable bonds is 37. The molecule has 2 aliphatic rings. The Labute approximate surface area is 390 Å². The molecule has 0 aromatic rings. The second-order valence-corrected chi connectivity index (χ2v) is 17.6. The number of aliphatic hydroxyl groups excluding tert-OH is 8. The zero-order valence-electron chi connectivity index (χ0n) is 39.7. The highest BCUT2D eigenvalue weighted by Gasteiger charge is 2.51. The van der Waals surface area contributed by atoms with Crippen LogP contribution in [0.4, 0.5) is 0 Å². The van der Waals surface area contributed by atoms with Gasteiger partial charge in [0.15, 0.2) is 12.6 Å². The van der Waals surface area contributed by atoms with Gasteiger partial charge in [-0.3, -0.25) is 4.79 Å². The molecule has 9 N–H and O–H groups in total. The van der Waals surface area contributed by atoms with E-state index in [0.717, 1.165) is 44.9 Å². The number of carbonyl (C=O) groups is 1. The summed E-state index contributed by atoms with van der Waals surface area (Å²) >= 11 is 0. The molecule has 0 spiro atoms. The fourth-order valence-electron chi connectivity index (χ4n) is 7.89. The molecule has 2 saturated heterocycles. The molecule has 0 aromatic heterocycles. The Kier molecular flexibility index (Phi) is 34.1. The number of carbonyl (C=O) groups excluding carboxylic acids is 1. The normalized spacial score (nSPS) is 27.5. The standard InChI is InChI=1S/C51H89NO13/c1-3-5-7-9-11-13-15-17-18-19-20-21-23-24-26-28-30-32-34-40(55)39(52-43(56)35-33-31-29-27-25-22-16-14-12-10-8-6-4-2)38-62-50-48(61)46(59)49(42(37-54)64-50)65-51-47(60)45(58)44(57)41(36-53)63-51/h6,8,12,14,22,25,29,31-32,34,39-42,44-51,53-55,57-61H,3-5,7,9-11,13,15-21,23-24,26-28,30,33,35-38H2,1-2H3,(H,52,56)/b8-6-,14-12-,25-22-,31-29-,34-32+. The molecule has 0 bridgehead atoms. The number of nitrogens with one attached hydrogen (secondary N) is 1. The first-order valence-electron chi connectivity index (χ1n) is 25.0. The van der Waals surface area contributed by atoms with Crippen LogP contribution in [0.2, 0.25) is 0 Å². The van der Waals surface area contributed by atoms with Gasteiger partial charge >= 0.3 is 0 Å². The van der Waals surface area contributed by atoms with Crippen molar-refractivity contribution in [3.63, 3.8) is 0 Å². The topological polar surface area (TPSA) is 228 Å². The summed E-state index contributed by atoms with van der Waals surface area (Å²) in [6.45, 7) is 2.60. The molecule has 2 fully saturated rings. The monoisotopic (exact) mass is 924 g/mol. The van der Waals surface area contributed by atoms with Gasteiger partial charge in [0.05, 0.1) is 32.0 Å². The predicted octanol–water partition coefficient (Wildman–Crippen LogP) is 6.27. The van der Waals surface area contributed by atoms with Crippen molar-refractivity contribution in [3.8, 4) is 0 Å². The summed E-state index contributed by atoms with van der Waals surface area (Å²) in [7, 11) is 0. The third-order valence-corrected chi connectivity index (χ3v) is 12.0. The highest BCUT2D eigenvalue weighted by Crippen LogP contribution is 2.30. The van der Waals surface area contributed by atoms with Crippen LogP contribution in [0.3, 0.4) is 0 Å². The van der Waals surface area contributed by atoms with Gasteiger partial charge in [-0.15, -0.1) is 0 Å². The lowest BCUT2D eigenvalue weighted by molar-refractivity contribution is -0.359. The van der Waals surface area contributed by atoms with Crippen molar-refractivity contribution in [1.82, 2.24) is 5.32 Å². The quantitative estimate of drug-likeness (QED) is 0.0248. The van der Waals surface area contributed by atoms with Gasteiger partial charge in [0, 0.05) is 6.42 Å². The number of allylic oxidation sites excluding steroid dienone is 9. The van der Waals surface area contributed by atoms with E-state index in [1.54, 1.807) is 6.08 Å². The molecule has 2 heterocycles. The average molecular weight is 924 g/mol. The van der Waals surface area contributed by atoms with Gasteiger partial charge in [0.2, 0.25) is 5.91 Å². The molecule has 0 radical (unpaired) electrons. The summed E-state index contributed by atoms with van der Waals surface area (Å²) in [6, 6.07) is -0.953. The molecule has 12 atom stereocenters. The van der Waals surface area contributed by atoms with E-state index in [4.69, 9.17) is 18.9 Å². The van der Waals surface area contributed by atoms with Crippen LogP contribution in [-0.2, 0) is 23.7 Å². The molecular weight excluding hydrogens is 835 g/mol. The molecule has 2 rings (SSSR count). The van der Waals surface area contributed by atoms with Crippen LogP contribution < -0.4 is 5.32 Å². The molecular formula is C51H89NO13. The number of unbranched alkanes of at least 4 members (excludes halogenated alkanes) is 16. The van der Waals surface area contributed by atoms with Crippen molar-refractivity contribution in [2.24, 2.45) is 0 Å². The van der Waals surface area contributed by atoms with Crippen LogP contribution in [0.1, 0.15) is 162 Å². The zero-order valence-corrected chi connectivity index (χ0v) is 39.7. The molecule has 0 saturated carbocycles. The maximum Gasteiger partial charge on any atom is 0.220 e. The van der Waals surface area contributed by atoms with Crippen molar-refractivity contribution < 1.29 is 64.6 Å². The number of hydrogen-bond donors (Lipinski definition) is 9. The van der Waals surface area contributed by atoms with Gasteiger partial charge in [0.25, 0.3) is 0 Å². The summed E-state index contributed by atoms with van der Waals surface area (Å²) in [6.07, 6.45) is 28.5. The largest absolute Gasteiger partial charge is 0.394 e. The molecule has 65 heavy (non-hydrogen) atoms. The van der Waals surface area contributed by atoms with E-state index in [0.29, 0.717) is 6.42 Å². The second-order valence-electron chi connectivity index (χ2n) is 17.6. The minimum atomic E-state index is -1.80. The highest BCUT2D eigenvalue weighted by atomic mass is 16.7. The predicted molar refractivity (Wildman–Crippen MR) is 254 cm³/mol. The highest BCUT2D eigenvalue weighted by molar-refractivity contribution is 5.76. The second kappa shape index (κ2) is 37.6. The Morgan fingerprint density at radius 1 is 0.569 bits per heavy atom. The Morgan fingerprint density at radius 2 is 1.06 bits per heavy atom. The number of hydrogen-bond acceptors (Lipinski definition) is 13. The summed E-state index contributed by atoms with van der Waals surface area (Å²) in [5.41, 5.74) is 0. The summed E-state index contributed by atoms with van der Waals surface area (Å²) < 4.78 is 22.6. The van der Waals surface area contributed by atoms with Crippen LogP contribution >= 0.6 is 0 Å². The Hall–Kier alpha value is -2.31. The lowest BCUT2D eigenvalue weighted by Gasteiger charge is -2.46. The van der Waals surface area contributed by atoms with Crippen molar-refractivity contribution in [1.29, 1.82) is 0 Å². The number of aliphatic hydroxyl groups is 8. The van der Waals surface area contributed by atoms with Crippen LogP contribution in [0.25, 0.3) is 0 Å². The fourth-order valence-corrected chi connectivity index (χ4v) is 7.89. The summed E-state index contributed by atoms with van der Waals surface area (Å²) in [5, 5.41) is 86.6. The van der Waals surface area contributed by atoms with Gasteiger partial charge in [0.1, 0.15) is 48.8 Å². The average Bonchev–Trinajstić information content (AvgIpc) is 3.30. The first-order chi connectivity index (χ1) is 31.6. The van der Waals surface area contributed by atoms with E-state index in [-0.39, 0.29) is 18.9 Å². The molecule has 1 amide bonds. The van der Waals surface area contributed by atoms with E-state index in [9.17, 15) is 45.6 Å². The lowest BCUT2D eigenvalue weighted by Crippen LogP contribution is -2.65. The van der Waals surface area contributed by atoms with Crippen molar-refractivity contribution in [3.05, 3.63) is 60.8 Å². The minimum Gasteiger partial charge on any atom is -0.394 e. The minimum absolute atomic E-state index is 0.158. The smallest absolute Gasteiger partial charge is 0.220 e. The Bertz CT molecular complexity index is 1320. The Morgan fingerprint density at radius 3 is 1.60 bits per heavy atom. The van der Waals surface area contributed by atoms with Gasteiger partial charge in [-0.25, -0.2) is 0 Å². The molecule has 0 aromatic carbocycles. The van der Waals surface area contributed by atoms with Crippen LogP contribution in [0, 0.1) is 0 Å². The van der Waals surface area contributed by atoms with Crippen molar-refractivity contribution in [2.75, 3.05) is 19.8 Å². The van der Waals surface area contributed by atoms with Gasteiger partial charge in [-0.1, -0.05) is 171 Å². The van der Waals surface area contributed by atoms with Crippen molar-refractivity contribution in [2.45, 2.75) is 235 Å². The van der Waals surface area contributed by atoms with E-state index < -0.39 is 86.8 Å². The van der Waals surface area contributed by atoms with Gasteiger partial charge < -0.3 is 65.1 Å². The third kappa shape index (κ3) is 25.0.